The second-order valence-electron chi connectivity index (χ2n) is 9.28. The minimum absolute atomic E-state index is 0.185. The van der Waals surface area contributed by atoms with Crippen LogP contribution in [0.25, 0.3) is 10.9 Å². The number of carbonyl (C=O) groups is 1. The molecule has 0 amide bonds. The van der Waals surface area contributed by atoms with E-state index in [1.54, 1.807) is 44.2 Å². The highest BCUT2D eigenvalue weighted by atomic mass is 35.5. The first kappa shape index (κ1) is 29.2. The number of alkyl halides is 3. The molecule has 0 aliphatic carbocycles. The molecule has 3 aromatic rings. The van der Waals surface area contributed by atoms with Crippen LogP contribution in [0.5, 0.6) is 17.2 Å². The molecular formula is C28H31ClF3NO5. The minimum Gasteiger partial charge on any atom is -0.477 e. The fraction of sp³-hybridized carbons (Fsp3) is 0.393. The topological polar surface area (TPSA) is 58.9 Å². The summed E-state index contributed by atoms with van der Waals surface area (Å²) in [6, 6.07) is 9.22. The van der Waals surface area contributed by atoms with E-state index in [0.717, 1.165) is 5.56 Å². The summed E-state index contributed by atoms with van der Waals surface area (Å²) in [5.41, 5.74) is 1.93. The molecule has 1 heterocycles. The Labute approximate surface area is 224 Å². The molecule has 1 unspecified atom stereocenters. The van der Waals surface area contributed by atoms with Gasteiger partial charge in [-0.1, -0.05) is 31.5 Å². The van der Waals surface area contributed by atoms with Crippen LogP contribution in [0.1, 0.15) is 45.9 Å². The Morgan fingerprint density at radius 1 is 1.13 bits per heavy atom. The number of aromatic nitrogens is 1. The Bertz CT molecular complexity index is 1330. The number of fused-ring (bicyclic) bond motifs is 1. The average molecular weight is 554 g/mol. The van der Waals surface area contributed by atoms with Gasteiger partial charge in [0.1, 0.15) is 11.5 Å². The number of nitrogens with zero attached hydrogens (tertiary/aromatic N) is 1. The molecule has 0 saturated heterocycles. The Morgan fingerprint density at radius 2 is 1.84 bits per heavy atom. The summed E-state index contributed by atoms with van der Waals surface area (Å²) in [6.07, 6.45) is -3.92. The molecule has 0 saturated carbocycles. The van der Waals surface area contributed by atoms with Crippen LogP contribution in [0.4, 0.5) is 13.2 Å². The Hall–Kier alpha value is -3.33. The Morgan fingerprint density at radius 3 is 2.47 bits per heavy atom. The molecule has 0 fully saturated rings. The van der Waals surface area contributed by atoms with Crippen LogP contribution in [0, 0.1) is 12.8 Å². The summed E-state index contributed by atoms with van der Waals surface area (Å²) in [6.45, 7) is 11.4. The highest BCUT2D eigenvalue weighted by Gasteiger charge is 2.31. The molecule has 0 N–H and O–H groups in total. The third-order valence-corrected chi connectivity index (χ3v) is 5.98. The molecule has 2 aromatic carbocycles. The van der Waals surface area contributed by atoms with Crippen molar-refractivity contribution in [3.8, 4) is 17.2 Å². The van der Waals surface area contributed by atoms with Crippen LogP contribution < -0.4 is 14.2 Å². The van der Waals surface area contributed by atoms with Crippen LogP contribution in [-0.4, -0.2) is 29.6 Å². The summed E-state index contributed by atoms with van der Waals surface area (Å²) in [5.74, 6) is 0.793. The number of esters is 1. The molecule has 0 aliphatic heterocycles. The lowest BCUT2D eigenvalue weighted by Crippen LogP contribution is -2.27. The highest BCUT2D eigenvalue weighted by molar-refractivity contribution is 6.32. The summed E-state index contributed by atoms with van der Waals surface area (Å²) in [5, 5.41) is 0.935. The van der Waals surface area contributed by atoms with E-state index >= 15 is 0 Å². The predicted octanol–water partition coefficient (Wildman–Crippen LogP) is 7.82. The molecule has 0 radical (unpaired) electrons. The van der Waals surface area contributed by atoms with Gasteiger partial charge in [0.15, 0.2) is 11.9 Å². The maximum Gasteiger partial charge on any atom is 0.573 e. The predicted molar refractivity (Wildman–Crippen MR) is 140 cm³/mol. The van der Waals surface area contributed by atoms with Gasteiger partial charge >= 0.3 is 12.3 Å². The van der Waals surface area contributed by atoms with Crippen molar-refractivity contribution in [1.29, 1.82) is 0 Å². The number of benzene rings is 2. The first-order valence-corrected chi connectivity index (χ1v) is 12.5. The van der Waals surface area contributed by atoms with E-state index in [4.69, 9.17) is 25.8 Å². The lowest BCUT2D eigenvalue weighted by Gasteiger charge is -2.17. The minimum atomic E-state index is -4.82. The van der Waals surface area contributed by atoms with Crippen molar-refractivity contribution in [3.63, 3.8) is 0 Å². The molecule has 206 valence electrons. The van der Waals surface area contributed by atoms with E-state index in [2.05, 4.69) is 4.74 Å². The molecule has 1 atom stereocenters. The van der Waals surface area contributed by atoms with Gasteiger partial charge in [0.05, 0.1) is 28.6 Å². The first-order chi connectivity index (χ1) is 17.8. The molecule has 1 aromatic heterocycles. The van der Waals surface area contributed by atoms with Crippen LogP contribution in [0.15, 0.2) is 48.2 Å². The lowest BCUT2D eigenvalue weighted by atomic mass is 10.2. The van der Waals surface area contributed by atoms with Gasteiger partial charge in [-0.25, -0.2) is 4.79 Å². The smallest absolute Gasteiger partial charge is 0.477 e. The van der Waals surface area contributed by atoms with E-state index in [9.17, 15) is 18.0 Å². The van der Waals surface area contributed by atoms with Crippen molar-refractivity contribution in [2.75, 3.05) is 6.61 Å². The quantitative estimate of drug-likeness (QED) is 0.189. The number of hydrogen-bond acceptors (Lipinski definition) is 5. The fourth-order valence-electron chi connectivity index (χ4n) is 3.70. The summed E-state index contributed by atoms with van der Waals surface area (Å²) in [4.78, 5) is 12.3. The molecule has 38 heavy (non-hydrogen) atoms. The van der Waals surface area contributed by atoms with Crippen molar-refractivity contribution < 1.29 is 36.9 Å². The molecule has 0 spiro atoms. The summed E-state index contributed by atoms with van der Waals surface area (Å²) >= 11 is 6.33. The van der Waals surface area contributed by atoms with Gasteiger partial charge in [-0.3, -0.25) is 0 Å². The standard InChI is InChI=1S/C28H31ClF3NO5/c1-7-17(4)36-26-18(5)33(24-13-21(9-10-22(24)26)38-28(30,31)32)14-20-8-11-23(29)25(12-20)37-19(6)27(34)35-15-16(2)3/h7-13,16,19H,14-15H2,1-6H3/b17-7+. The zero-order valence-corrected chi connectivity index (χ0v) is 22.9. The van der Waals surface area contributed by atoms with Crippen molar-refractivity contribution in [3.05, 3.63) is 64.5 Å². The van der Waals surface area contributed by atoms with Crippen molar-refractivity contribution in [2.24, 2.45) is 5.92 Å². The van der Waals surface area contributed by atoms with Gasteiger partial charge in [-0.15, -0.1) is 13.2 Å². The monoisotopic (exact) mass is 553 g/mol. The van der Waals surface area contributed by atoms with Crippen LogP contribution >= 0.6 is 11.6 Å². The number of ether oxygens (including phenoxy) is 4. The van der Waals surface area contributed by atoms with Crippen LogP contribution in [-0.2, 0) is 16.1 Å². The second kappa shape index (κ2) is 12.0. The highest BCUT2D eigenvalue weighted by Crippen LogP contribution is 2.38. The van der Waals surface area contributed by atoms with E-state index < -0.39 is 18.4 Å². The number of rotatable bonds is 10. The van der Waals surface area contributed by atoms with E-state index in [1.165, 1.54) is 12.1 Å². The maximum atomic E-state index is 12.9. The van der Waals surface area contributed by atoms with Crippen LogP contribution in [0.3, 0.4) is 0 Å². The number of hydrogen-bond donors (Lipinski definition) is 0. The zero-order chi connectivity index (χ0) is 28.2. The number of halogens is 4. The van der Waals surface area contributed by atoms with Crippen molar-refractivity contribution in [2.45, 2.75) is 60.6 Å². The largest absolute Gasteiger partial charge is 0.573 e. The third-order valence-electron chi connectivity index (χ3n) is 5.67. The van der Waals surface area contributed by atoms with Crippen molar-refractivity contribution in [1.82, 2.24) is 4.57 Å². The molecule has 6 nitrogen and oxygen atoms in total. The van der Waals surface area contributed by atoms with E-state index in [0.29, 0.717) is 33.1 Å². The molecular weight excluding hydrogens is 523 g/mol. The average Bonchev–Trinajstić information content (AvgIpc) is 3.08. The summed E-state index contributed by atoms with van der Waals surface area (Å²) < 4.78 is 61.7. The van der Waals surface area contributed by atoms with Gasteiger partial charge in [0, 0.05) is 18.0 Å². The SMILES string of the molecule is C/C=C(\C)Oc1c(C)n(Cc2ccc(Cl)c(OC(C)C(=O)OCC(C)C)c2)c2cc(OC(F)(F)F)ccc12. The first-order valence-electron chi connectivity index (χ1n) is 12.1. The fourth-order valence-corrected chi connectivity index (χ4v) is 3.86. The Kier molecular flexibility index (Phi) is 9.25. The zero-order valence-electron chi connectivity index (χ0n) is 22.1. The second-order valence-corrected chi connectivity index (χ2v) is 9.68. The van der Waals surface area contributed by atoms with Gasteiger partial charge < -0.3 is 23.5 Å². The molecule has 3 rings (SSSR count). The number of carbonyl (C=O) groups excluding carboxylic acids is 1. The van der Waals surface area contributed by atoms with Gasteiger partial charge in [-0.2, -0.15) is 0 Å². The van der Waals surface area contributed by atoms with Crippen LogP contribution in [0.2, 0.25) is 5.02 Å². The lowest BCUT2D eigenvalue weighted by molar-refractivity contribution is -0.274. The number of allylic oxidation sites excluding steroid dienone is 2. The normalized spacial score (nSPS) is 13.1. The molecule has 10 heteroatoms. The van der Waals surface area contributed by atoms with Gasteiger partial charge in [0.2, 0.25) is 0 Å². The van der Waals surface area contributed by atoms with Gasteiger partial charge in [-0.05, 0) is 69.5 Å². The maximum absolute atomic E-state index is 12.9. The third kappa shape index (κ3) is 7.37. The van der Waals surface area contributed by atoms with Crippen molar-refractivity contribution >= 4 is 28.5 Å². The molecule has 0 bridgehead atoms. The molecule has 0 aliphatic rings. The van der Waals surface area contributed by atoms with Gasteiger partial charge in [0.25, 0.3) is 0 Å². The Balaban J connectivity index is 1.98. The van der Waals surface area contributed by atoms with E-state index in [-0.39, 0.29) is 30.6 Å². The van der Waals surface area contributed by atoms with E-state index in [1.807, 2.05) is 32.3 Å². The summed E-state index contributed by atoms with van der Waals surface area (Å²) in [7, 11) is 0.